The Balaban J connectivity index is 2.90. The average Bonchev–Trinajstić information content (AvgIpc) is 2.34. The molecule has 0 atom stereocenters. The van der Waals surface area contributed by atoms with Crippen LogP contribution in [-0.4, -0.2) is 24.5 Å². The molecule has 4 nitrogen and oxygen atoms in total. The van der Waals surface area contributed by atoms with Gasteiger partial charge in [-0.15, -0.1) is 0 Å². The van der Waals surface area contributed by atoms with E-state index >= 15 is 0 Å². The van der Waals surface area contributed by atoms with Gasteiger partial charge in [-0.25, -0.2) is 4.98 Å². The number of nitrogens with zero attached hydrogens (tertiary/aromatic N) is 1. The molecule has 0 spiro atoms. The van der Waals surface area contributed by atoms with E-state index in [-0.39, 0.29) is 5.91 Å². The number of methoxy groups -OCH3 is 1. The van der Waals surface area contributed by atoms with Gasteiger partial charge in [0.05, 0.1) is 7.11 Å². The third-order valence-corrected chi connectivity index (χ3v) is 2.07. The number of rotatable bonds is 5. The summed E-state index contributed by atoms with van der Waals surface area (Å²) in [5.41, 5.74) is 0.954. The summed E-state index contributed by atoms with van der Waals surface area (Å²) in [7, 11) is 1.56. The van der Waals surface area contributed by atoms with Crippen molar-refractivity contribution >= 4 is 12.0 Å². The second-order valence-corrected chi connectivity index (χ2v) is 3.24. The average molecular weight is 220 g/mol. The van der Waals surface area contributed by atoms with E-state index < -0.39 is 0 Å². The highest BCUT2D eigenvalue weighted by atomic mass is 16.5. The van der Waals surface area contributed by atoms with Crippen LogP contribution >= 0.6 is 0 Å². The molecule has 0 saturated heterocycles. The normalized spacial score (nSPS) is 9.62. The minimum absolute atomic E-state index is 0.174. The molecule has 0 fully saturated rings. The fourth-order valence-electron chi connectivity index (χ4n) is 1.24. The Morgan fingerprint density at radius 1 is 1.62 bits per heavy atom. The number of carbonyl (C=O) groups is 1. The molecule has 0 aliphatic rings. The molecule has 0 saturated carbocycles. The lowest BCUT2D eigenvalue weighted by Crippen LogP contribution is -2.25. The summed E-state index contributed by atoms with van der Waals surface area (Å²) in [5, 5.41) is 2.76. The maximum absolute atomic E-state index is 11.6. The van der Waals surface area contributed by atoms with Gasteiger partial charge in [0, 0.05) is 6.54 Å². The zero-order valence-electron chi connectivity index (χ0n) is 9.62. The van der Waals surface area contributed by atoms with Crippen molar-refractivity contribution in [2.75, 3.05) is 13.7 Å². The first kappa shape index (κ1) is 12.2. The number of pyridine rings is 1. The molecule has 1 N–H and O–H groups in total. The van der Waals surface area contributed by atoms with Gasteiger partial charge in [0.25, 0.3) is 5.91 Å². The number of amides is 1. The smallest absolute Gasteiger partial charge is 0.269 e. The first-order valence-electron chi connectivity index (χ1n) is 5.18. The van der Waals surface area contributed by atoms with Crippen LogP contribution < -0.4 is 10.1 Å². The molecular weight excluding hydrogens is 204 g/mol. The molecule has 1 heterocycles. The maximum atomic E-state index is 11.6. The van der Waals surface area contributed by atoms with Gasteiger partial charge in [0.1, 0.15) is 17.1 Å². The lowest BCUT2D eigenvalue weighted by molar-refractivity contribution is 0.0948. The Kier molecular flexibility index (Phi) is 4.51. The fraction of sp³-hybridized carbons (Fsp3) is 0.333. The fourth-order valence-corrected chi connectivity index (χ4v) is 1.24. The highest BCUT2D eigenvalue weighted by molar-refractivity contribution is 5.92. The minimum atomic E-state index is -0.174. The quantitative estimate of drug-likeness (QED) is 0.824. The van der Waals surface area contributed by atoms with E-state index in [1.165, 1.54) is 0 Å². The van der Waals surface area contributed by atoms with Gasteiger partial charge in [0.2, 0.25) is 0 Å². The molecule has 1 rings (SSSR count). The summed E-state index contributed by atoms with van der Waals surface area (Å²) in [5.74, 6) is 0.439. The number of hydrogen-bond acceptors (Lipinski definition) is 3. The Morgan fingerprint density at radius 3 is 2.94 bits per heavy atom. The van der Waals surface area contributed by atoms with E-state index in [1.54, 1.807) is 25.3 Å². The van der Waals surface area contributed by atoms with Gasteiger partial charge in [-0.05, 0) is 24.6 Å². The van der Waals surface area contributed by atoms with Crippen molar-refractivity contribution in [2.45, 2.75) is 13.3 Å². The molecule has 0 aromatic carbocycles. The summed E-state index contributed by atoms with van der Waals surface area (Å²) in [6.07, 6.45) is 2.46. The third kappa shape index (κ3) is 2.82. The van der Waals surface area contributed by atoms with Crippen molar-refractivity contribution in [3.63, 3.8) is 0 Å². The SMILES string of the molecule is C=Cc1nc(C(=O)NCCC)ccc1OC. The first-order valence-corrected chi connectivity index (χ1v) is 5.18. The molecular formula is C12H16N2O2. The van der Waals surface area contributed by atoms with E-state index in [9.17, 15) is 4.79 Å². The van der Waals surface area contributed by atoms with Gasteiger partial charge in [-0.2, -0.15) is 0 Å². The van der Waals surface area contributed by atoms with E-state index in [4.69, 9.17) is 4.74 Å². The highest BCUT2D eigenvalue weighted by Crippen LogP contribution is 2.17. The highest BCUT2D eigenvalue weighted by Gasteiger charge is 2.09. The van der Waals surface area contributed by atoms with Crippen LogP contribution in [0.15, 0.2) is 18.7 Å². The van der Waals surface area contributed by atoms with Gasteiger partial charge < -0.3 is 10.1 Å². The predicted octanol–water partition coefficient (Wildman–Crippen LogP) is 1.87. The first-order chi connectivity index (χ1) is 7.72. The van der Waals surface area contributed by atoms with Crippen molar-refractivity contribution in [2.24, 2.45) is 0 Å². The molecule has 1 amide bonds. The molecule has 0 aliphatic heterocycles. The van der Waals surface area contributed by atoms with Gasteiger partial charge >= 0.3 is 0 Å². The number of nitrogens with one attached hydrogen (secondary N) is 1. The maximum Gasteiger partial charge on any atom is 0.269 e. The second kappa shape index (κ2) is 5.90. The molecule has 0 radical (unpaired) electrons. The zero-order valence-corrected chi connectivity index (χ0v) is 9.62. The number of carbonyl (C=O) groups excluding carboxylic acids is 1. The molecule has 4 heteroatoms. The van der Waals surface area contributed by atoms with Crippen LogP contribution in [0, 0.1) is 0 Å². The van der Waals surface area contributed by atoms with Crippen molar-refractivity contribution in [3.8, 4) is 5.75 Å². The monoisotopic (exact) mass is 220 g/mol. The lowest BCUT2D eigenvalue weighted by atomic mass is 10.2. The van der Waals surface area contributed by atoms with Crippen LogP contribution in [-0.2, 0) is 0 Å². The number of aromatic nitrogens is 1. The summed E-state index contributed by atoms with van der Waals surface area (Å²) in [6.45, 7) is 6.27. The Bertz CT molecular complexity index is 389. The Morgan fingerprint density at radius 2 is 2.38 bits per heavy atom. The number of hydrogen-bond donors (Lipinski definition) is 1. The van der Waals surface area contributed by atoms with Gasteiger partial charge in [0.15, 0.2) is 0 Å². The van der Waals surface area contributed by atoms with E-state index in [0.29, 0.717) is 23.7 Å². The summed E-state index contributed by atoms with van der Waals surface area (Å²) in [6, 6.07) is 3.35. The van der Waals surface area contributed by atoms with E-state index in [1.807, 2.05) is 6.92 Å². The Labute approximate surface area is 95.3 Å². The number of ether oxygens (including phenoxy) is 1. The van der Waals surface area contributed by atoms with Crippen LogP contribution in [0.1, 0.15) is 29.5 Å². The largest absolute Gasteiger partial charge is 0.494 e. The van der Waals surface area contributed by atoms with Crippen LogP contribution in [0.25, 0.3) is 6.08 Å². The second-order valence-electron chi connectivity index (χ2n) is 3.24. The van der Waals surface area contributed by atoms with Crippen LogP contribution in [0.4, 0.5) is 0 Å². The van der Waals surface area contributed by atoms with Crippen LogP contribution in [0.3, 0.4) is 0 Å². The van der Waals surface area contributed by atoms with Gasteiger partial charge in [-0.3, -0.25) is 4.79 Å². The van der Waals surface area contributed by atoms with Crippen molar-refractivity contribution in [1.29, 1.82) is 0 Å². The topological polar surface area (TPSA) is 51.2 Å². The zero-order chi connectivity index (χ0) is 12.0. The lowest BCUT2D eigenvalue weighted by Gasteiger charge is -2.07. The molecule has 0 bridgehead atoms. The summed E-state index contributed by atoms with van der Waals surface area (Å²) >= 11 is 0. The molecule has 1 aromatic rings. The van der Waals surface area contributed by atoms with E-state index in [0.717, 1.165) is 6.42 Å². The van der Waals surface area contributed by atoms with E-state index in [2.05, 4.69) is 16.9 Å². The molecule has 16 heavy (non-hydrogen) atoms. The van der Waals surface area contributed by atoms with Gasteiger partial charge in [-0.1, -0.05) is 13.5 Å². The summed E-state index contributed by atoms with van der Waals surface area (Å²) < 4.78 is 5.09. The van der Waals surface area contributed by atoms with Crippen LogP contribution in [0.5, 0.6) is 5.75 Å². The standard InChI is InChI=1S/C12H16N2O2/c1-4-8-13-12(15)10-6-7-11(16-3)9(5-2)14-10/h5-7H,2,4,8H2,1,3H3,(H,13,15). The molecule has 1 aromatic heterocycles. The third-order valence-electron chi connectivity index (χ3n) is 2.07. The molecule has 0 aliphatic carbocycles. The van der Waals surface area contributed by atoms with Crippen molar-refractivity contribution in [3.05, 3.63) is 30.1 Å². The minimum Gasteiger partial charge on any atom is -0.494 e. The molecule has 0 unspecified atom stereocenters. The predicted molar refractivity (Wildman–Crippen MR) is 63.5 cm³/mol. The van der Waals surface area contributed by atoms with Crippen molar-refractivity contribution < 1.29 is 9.53 Å². The molecule has 86 valence electrons. The van der Waals surface area contributed by atoms with Crippen LogP contribution in [0.2, 0.25) is 0 Å². The Hall–Kier alpha value is -1.84. The van der Waals surface area contributed by atoms with Crippen molar-refractivity contribution in [1.82, 2.24) is 10.3 Å². The summed E-state index contributed by atoms with van der Waals surface area (Å²) in [4.78, 5) is 15.8.